The molecule has 0 saturated carbocycles. The predicted molar refractivity (Wildman–Crippen MR) is 142 cm³/mol. The van der Waals surface area contributed by atoms with Gasteiger partial charge >= 0.3 is 6.03 Å². The number of ketones is 1. The van der Waals surface area contributed by atoms with Gasteiger partial charge in [0.05, 0.1) is 33.5 Å². The van der Waals surface area contributed by atoms with Gasteiger partial charge in [-0.15, -0.1) is 0 Å². The maximum absolute atomic E-state index is 13.5. The van der Waals surface area contributed by atoms with Crippen LogP contribution in [0.15, 0.2) is 62.5 Å². The molecule has 1 fully saturated rings. The van der Waals surface area contributed by atoms with Crippen molar-refractivity contribution in [1.29, 1.82) is 0 Å². The van der Waals surface area contributed by atoms with E-state index in [-0.39, 0.29) is 29.4 Å². The number of nitrogens with zero attached hydrogens (tertiary/aromatic N) is 3. The van der Waals surface area contributed by atoms with Crippen LogP contribution < -0.4 is 10.6 Å². The molecule has 176 valence electrons. The Kier molecular flexibility index (Phi) is 7.93. The predicted octanol–water partition coefficient (Wildman–Crippen LogP) is 5.65. The van der Waals surface area contributed by atoms with Gasteiger partial charge in [-0.25, -0.2) is 9.18 Å². The molecule has 1 saturated heterocycles. The fraction of sp³-hybridized carbons (Fsp3) is 0.217. The molecule has 1 aliphatic rings. The van der Waals surface area contributed by atoms with Gasteiger partial charge in [0.25, 0.3) is 0 Å². The van der Waals surface area contributed by atoms with Crippen molar-refractivity contribution in [3.8, 4) is 11.1 Å². The highest BCUT2D eigenvalue weighted by atomic mass is 127. The number of hydrogen-bond acceptors (Lipinski definition) is 4. The number of piperidine rings is 1. The molecule has 3 N–H and O–H groups in total. The Balaban J connectivity index is 1.30. The van der Waals surface area contributed by atoms with Gasteiger partial charge in [0.15, 0.2) is 5.84 Å². The van der Waals surface area contributed by atoms with Crippen molar-refractivity contribution < 1.29 is 14.0 Å². The molecule has 3 aromatic rings. The summed E-state index contributed by atoms with van der Waals surface area (Å²) in [5.41, 5.74) is 3.23. The Hall–Kier alpha value is -2.80. The fourth-order valence-electron chi connectivity index (χ4n) is 3.73. The zero-order valence-electron chi connectivity index (χ0n) is 17.9. The van der Waals surface area contributed by atoms with Crippen molar-refractivity contribution in [3.63, 3.8) is 0 Å². The lowest BCUT2D eigenvalue weighted by Crippen LogP contribution is -2.44. The first-order chi connectivity index (χ1) is 16.4. The number of halogens is 3. The van der Waals surface area contributed by atoms with Crippen LogP contribution in [0.5, 0.6) is 0 Å². The highest BCUT2D eigenvalue weighted by Gasteiger charge is 2.30. The van der Waals surface area contributed by atoms with Gasteiger partial charge in [0.2, 0.25) is 5.78 Å². The quantitative estimate of drug-likeness (QED) is 0.191. The molecule has 1 aliphatic heterocycles. The number of anilines is 2. The molecule has 2 heterocycles. The number of H-pyrrole nitrogens is 1. The number of benzene rings is 2. The third-order valence-corrected chi connectivity index (χ3v) is 6.71. The van der Waals surface area contributed by atoms with Gasteiger partial charge in [-0.05, 0) is 64.7 Å². The lowest BCUT2D eigenvalue weighted by Gasteiger charge is -2.31. The third kappa shape index (κ3) is 5.81. The van der Waals surface area contributed by atoms with E-state index in [1.807, 2.05) is 24.3 Å². The number of amides is 2. The minimum atomic E-state index is -0.385. The lowest BCUT2D eigenvalue weighted by atomic mass is 9.92. The summed E-state index contributed by atoms with van der Waals surface area (Å²) in [6.45, 7) is 0.929. The standard InChI is InChI=1S/C23H21BrFIN6O2/c24-19-11-18(5-6-20(19)25)29-22(31-26)21(33)15-7-9-32(10-8-15)23(34)30-17-3-1-14(2-4-17)16-12-27-28-13-16/h1-6,11-13,15H,7-10H2,(H,27,28)(H,29,31)(H,30,34). The minimum Gasteiger partial charge on any atom is -0.337 e. The van der Waals surface area contributed by atoms with E-state index in [1.54, 1.807) is 52.3 Å². The zero-order chi connectivity index (χ0) is 24.1. The topological polar surface area (TPSA) is 102 Å². The first-order valence-corrected chi connectivity index (χ1v) is 12.3. The van der Waals surface area contributed by atoms with Gasteiger partial charge in [0, 0.05) is 42.1 Å². The molecule has 0 unspecified atom stereocenters. The molecule has 0 aliphatic carbocycles. The number of aromatic amines is 1. The van der Waals surface area contributed by atoms with Gasteiger partial charge in [-0.3, -0.25) is 9.89 Å². The minimum absolute atomic E-state index is 0.121. The number of carbonyl (C=O) groups excluding carboxylic acids is 2. The van der Waals surface area contributed by atoms with Crippen LogP contribution >= 0.6 is 38.8 Å². The summed E-state index contributed by atoms with van der Waals surface area (Å²) in [7, 11) is 0. The van der Waals surface area contributed by atoms with Crippen molar-refractivity contribution in [2.24, 2.45) is 9.12 Å². The highest BCUT2D eigenvalue weighted by Crippen LogP contribution is 2.24. The van der Waals surface area contributed by atoms with Crippen LogP contribution in [0.4, 0.5) is 20.6 Å². The molecule has 8 nitrogen and oxygen atoms in total. The smallest absolute Gasteiger partial charge is 0.321 e. The molecule has 4 rings (SSSR count). The Morgan fingerprint density at radius 2 is 1.79 bits per heavy atom. The Morgan fingerprint density at radius 3 is 2.41 bits per heavy atom. The number of amidine groups is 1. The van der Waals surface area contributed by atoms with Crippen LogP contribution in [-0.2, 0) is 4.79 Å². The third-order valence-electron chi connectivity index (χ3n) is 5.62. The molecule has 2 aromatic carbocycles. The highest BCUT2D eigenvalue weighted by molar-refractivity contribution is 14.1. The van der Waals surface area contributed by atoms with E-state index in [4.69, 9.17) is 0 Å². The summed E-state index contributed by atoms with van der Waals surface area (Å²) in [5, 5.41) is 12.6. The van der Waals surface area contributed by atoms with Crippen molar-refractivity contribution in [3.05, 3.63) is 65.1 Å². The molecule has 11 heteroatoms. The largest absolute Gasteiger partial charge is 0.337 e. The first-order valence-electron chi connectivity index (χ1n) is 10.5. The van der Waals surface area contributed by atoms with Crippen LogP contribution in [-0.4, -0.2) is 45.8 Å². The first kappa shape index (κ1) is 24.3. The Morgan fingerprint density at radius 1 is 1.09 bits per heavy atom. The molecule has 0 radical (unpaired) electrons. The van der Waals surface area contributed by atoms with E-state index in [1.165, 1.54) is 6.07 Å². The number of likely N-dealkylation sites (tertiary alicyclic amines) is 1. The second kappa shape index (κ2) is 11.1. The zero-order valence-corrected chi connectivity index (χ0v) is 21.6. The van der Waals surface area contributed by atoms with Crippen LogP contribution in [0.3, 0.4) is 0 Å². The monoisotopic (exact) mass is 638 g/mol. The molecular formula is C23H21BrFIN6O2. The summed E-state index contributed by atoms with van der Waals surface area (Å²) in [5.74, 6) is -0.544. The molecule has 2 amide bonds. The molecule has 0 spiro atoms. The van der Waals surface area contributed by atoms with Crippen molar-refractivity contribution in [1.82, 2.24) is 15.1 Å². The summed E-state index contributed by atoms with van der Waals surface area (Å²) < 4.78 is 17.8. The van der Waals surface area contributed by atoms with Crippen molar-refractivity contribution in [2.45, 2.75) is 12.8 Å². The lowest BCUT2D eigenvalue weighted by molar-refractivity contribution is -0.117. The summed E-state index contributed by atoms with van der Waals surface area (Å²) in [4.78, 5) is 27.4. The molecule has 1 aromatic heterocycles. The van der Waals surface area contributed by atoms with Crippen LogP contribution in [0.1, 0.15) is 12.8 Å². The van der Waals surface area contributed by atoms with Gasteiger partial charge in [-0.2, -0.15) is 8.30 Å². The Labute approximate surface area is 218 Å². The average molecular weight is 639 g/mol. The summed E-state index contributed by atoms with van der Waals surface area (Å²) in [6, 6.07) is 11.7. The number of carbonyl (C=O) groups is 2. The van der Waals surface area contributed by atoms with Crippen molar-refractivity contribution in [2.75, 3.05) is 23.7 Å². The number of urea groups is 1. The second-order valence-corrected chi connectivity index (χ2v) is 9.14. The van der Waals surface area contributed by atoms with E-state index in [0.29, 0.717) is 41.8 Å². The molecule has 0 bridgehead atoms. The van der Waals surface area contributed by atoms with E-state index < -0.39 is 0 Å². The molecular weight excluding hydrogens is 618 g/mol. The molecule has 34 heavy (non-hydrogen) atoms. The maximum Gasteiger partial charge on any atom is 0.321 e. The summed E-state index contributed by atoms with van der Waals surface area (Å²) in [6.07, 6.45) is 4.62. The van der Waals surface area contributed by atoms with Crippen LogP contribution in [0.2, 0.25) is 0 Å². The van der Waals surface area contributed by atoms with Crippen LogP contribution in [0, 0.1) is 11.7 Å². The normalized spacial score (nSPS) is 14.7. The van der Waals surface area contributed by atoms with Crippen molar-refractivity contribution >= 4 is 67.8 Å². The number of hydrogen-bond donors (Lipinski definition) is 3. The maximum atomic E-state index is 13.5. The Bertz CT molecular complexity index is 1190. The van der Waals surface area contributed by atoms with Crippen LogP contribution in [0.25, 0.3) is 11.1 Å². The molecule has 0 atom stereocenters. The number of aromatic nitrogens is 2. The SMILES string of the molecule is O=C(C(=NI)Nc1ccc(F)c(Br)c1)C1CCN(C(=O)Nc2ccc(-c3cn[nH]c3)cc2)CC1. The van der Waals surface area contributed by atoms with E-state index >= 15 is 0 Å². The van der Waals surface area contributed by atoms with Gasteiger partial charge in [0.1, 0.15) is 5.82 Å². The number of rotatable bonds is 5. The number of Topliss-reactive ketones (excluding diaryl/α,β-unsaturated/α-hetero) is 1. The second-order valence-electron chi connectivity index (χ2n) is 7.81. The summed E-state index contributed by atoms with van der Waals surface area (Å²) >= 11 is 4.91. The van der Waals surface area contributed by atoms with Gasteiger partial charge < -0.3 is 15.5 Å². The van der Waals surface area contributed by atoms with Gasteiger partial charge in [-0.1, -0.05) is 12.1 Å². The average Bonchev–Trinajstić information content (AvgIpc) is 3.40. The van der Waals surface area contributed by atoms with E-state index in [2.05, 4.69) is 40.0 Å². The van der Waals surface area contributed by atoms with E-state index in [9.17, 15) is 14.0 Å². The van der Waals surface area contributed by atoms with E-state index in [0.717, 1.165) is 11.1 Å². The fourth-order valence-corrected chi connectivity index (χ4v) is 4.47. The number of nitrogens with one attached hydrogen (secondary N) is 3.